The third-order valence-corrected chi connectivity index (χ3v) is 6.55. The number of hydrogen-bond donors (Lipinski definition) is 0. The maximum absolute atomic E-state index is 13.7. The van der Waals surface area contributed by atoms with E-state index < -0.39 is 17.4 Å². The van der Waals surface area contributed by atoms with E-state index in [9.17, 15) is 13.6 Å². The van der Waals surface area contributed by atoms with Crippen LogP contribution >= 0.6 is 23.1 Å². The van der Waals surface area contributed by atoms with Crippen LogP contribution in [0.25, 0.3) is 10.8 Å². The van der Waals surface area contributed by atoms with Crippen LogP contribution in [0.2, 0.25) is 0 Å². The van der Waals surface area contributed by atoms with E-state index in [0.29, 0.717) is 11.8 Å². The highest BCUT2D eigenvalue weighted by atomic mass is 32.2. The van der Waals surface area contributed by atoms with Gasteiger partial charge in [0.15, 0.2) is 5.78 Å². The van der Waals surface area contributed by atoms with Gasteiger partial charge >= 0.3 is 0 Å². The van der Waals surface area contributed by atoms with Crippen LogP contribution in [0.15, 0.2) is 33.9 Å². The Bertz CT molecular complexity index is 1000. The van der Waals surface area contributed by atoms with E-state index in [-0.39, 0.29) is 16.5 Å². The molecule has 1 aliphatic carbocycles. The Morgan fingerprint density at radius 1 is 1.33 bits per heavy atom. The molecule has 0 saturated carbocycles. The molecule has 1 aliphatic rings. The lowest BCUT2D eigenvalue weighted by molar-refractivity contribution is 0.101. The van der Waals surface area contributed by atoms with Gasteiger partial charge in [-0.05, 0) is 55.0 Å². The molecule has 0 radical (unpaired) electrons. The second-order valence-electron chi connectivity index (χ2n) is 6.62. The Morgan fingerprint density at radius 3 is 3.04 bits per heavy atom. The van der Waals surface area contributed by atoms with Gasteiger partial charge in [0.2, 0.25) is 0 Å². The highest BCUT2D eigenvalue weighted by Crippen LogP contribution is 2.37. The van der Waals surface area contributed by atoms with Gasteiger partial charge in [0.1, 0.15) is 11.6 Å². The van der Waals surface area contributed by atoms with Crippen LogP contribution in [0, 0.1) is 17.6 Å². The van der Waals surface area contributed by atoms with E-state index in [2.05, 4.69) is 23.2 Å². The molecule has 0 fully saturated rings. The lowest BCUT2D eigenvalue weighted by atomic mass is 9.90. The molecule has 1 aromatic carbocycles. The van der Waals surface area contributed by atoms with Crippen molar-refractivity contribution in [2.45, 2.75) is 31.4 Å². The average molecular weight is 406 g/mol. The summed E-state index contributed by atoms with van der Waals surface area (Å²) in [7, 11) is 0. The molecule has 140 valence electrons. The normalized spacial score (nSPS) is 16.3. The number of ketones is 1. The summed E-state index contributed by atoms with van der Waals surface area (Å²) in [5.74, 6) is -0.929. The first-order valence-electron chi connectivity index (χ1n) is 8.56. The van der Waals surface area contributed by atoms with E-state index in [0.717, 1.165) is 47.7 Å². The summed E-state index contributed by atoms with van der Waals surface area (Å²) in [6.45, 7) is 2.25. The van der Waals surface area contributed by atoms with Crippen molar-refractivity contribution in [2.24, 2.45) is 5.92 Å². The average Bonchev–Trinajstić information content (AvgIpc) is 3.27. The minimum atomic E-state index is -0.744. The molecule has 3 aromatic rings. The number of nitrogens with zero attached hydrogens (tertiary/aromatic N) is 2. The maximum atomic E-state index is 13.7. The SMILES string of the molecule is C[C@@H]1CCc2sc(-c3nnc(SCC(=O)c4cc(F)ccc4F)o3)cc2C1. The third-order valence-electron chi connectivity index (χ3n) is 4.50. The molecule has 0 amide bonds. The molecular formula is C19H16F2N2O2S2. The Hall–Kier alpha value is -2.06. The van der Waals surface area contributed by atoms with Gasteiger partial charge < -0.3 is 4.42 Å². The summed E-state index contributed by atoms with van der Waals surface area (Å²) in [5.41, 5.74) is 1.07. The Morgan fingerprint density at radius 2 is 2.19 bits per heavy atom. The number of halogens is 2. The van der Waals surface area contributed by atoms with Crippen molar-refractivity contribution in [2.75, 3.05) is 5.75 Å². The van der Waals surface area contributed by atoms with E-state index >= 15 is 0 Å². The van der Waals surface area contributed by atoms with E-state index in [1.54, 1.807) is 11.3 Å². The van der Waals surface area contributed by atoms with Crippen LogP contribution in [0.1, 0.15) is 34.1 Å². The number of carbonyl (C=O) groups is 1. The zero-order valence-corrected chi connectivity index (χ0v) is 16.1. The first kappa shape index (κ1) is 18.3. The molecule has 2 aromatic heterocycles. The summed E-state index contributed by atoms with van der Waals surface area (Å²) in [5, 5.41) is 8.24. The van der Waals surface area contributed by atoms with Crippen LogP contribution in [0.3, 0.4) is 0 Å². The zero-order valence-electron chi connectivity index (χ0n) is 14.5. The number of aryl methyl sites for hydroxylation is 1. The quantitative estimate of drug-likeness (QED) is 0.432. The number of thiophene rings is 1. The molecule has 2 heterocycles. The monoisotopic (exact) mass is 406 g/mol. The van der Waals surface area contributed by atoms with Crippen LogP contribution < -0.4 is 0 Å². The highest BCUT2D eigenvalue weighted by Gasteiger charge is 2.21. The Balaban J connectivity index is 1.44. The number of carbonyl (C=O) groups excluding carboxylic acids is 1. The topological polar surface area (TPSA) is 56.0 Å². The third kappa shape index (κ3) is 3.96. The van der Waals surface area contributed by atoms with Crippen molar-refractivity contribution >= 4 is 28.9 Å². The van der Waals surface area contributed by atoms with Crippen molar-refractivity contribution < 1.29 is 18.0 Å². The minimum Gasteiger partial charge on any atom is -0.410 e. The number of benzene rings is 1. The first-order valence-corrected chi connectivity index (χ1v) is 10.4. The largest absolute Gasteiger partial charge is 0.410 e. The summed E-state index contributed by atoms with van der Waals surface area (Å²) >= 11 is 2.68. The van der Waals surface area contributed by atoms with Crippen molar-refractivity contribution in [3.63, 3.8) is 0 Å². The van der Waals surface area contributed by atoms with Gasteiger partial charge in [-0.15, -0.1) is 21.5 Å². The van der Waals surface area contributed by atoms with Gasteiger partial charge in [-0.2, -0.15) is 0 Å². The lowest BCUT2D eigenvalue weighted by Crippen LogP contribution is -2.07. The standard InChI is InChI=1S/C19H16F2N2O2S2/c1-10-2-5-16-11(6-10)7-17(27-16)18-22-23-19(25-18)26-9-15(24)13-8-12(20)3-4-14(13)21/h3-4,7-8,10H,2,5-6,9H2,1H3/t10-/m1/s1. The highest BCUT2D eigenvalue weighted by molar-refractivity contribution is 7.99. The Kier molecular flexibility index (Phi) is 5.10. The predicted octanol–water partition coefficient (Wildman–Crippen LogP) is 5.18. The second-order valence-corrected chi connectivity index (χ2v) is 8.68. The van der Waals surface area contributed by atoms with E-state index in [1.807, 2.05) is 0 Å². The number of Topliss-reactive ketones (excluding diaryl/α,β-unsaturated/α-hetero) is 1. The molecule has 4 nitrogen and oxygen atoms in total. The van der Waals surface area contributed by atoms with Crippen LogP contribution in [0.4, 0.5) is 8.78 Å². The van der Waals surface area contributed by atoms with Crippen molar-refractivity contribution in [3.05, 3.63) is 51.9 Å². The fourth-order valence-corrected chi connectivity index (χ4v) is 4.87. The van der Waals surface area contributed by atoms with Gasteiger partial charge in [-0.25, -0.2) is 8.78 Å². The predicted molar refractivity (Wildman–Crippen MR) is 100 cm³/mol. The number of rotatable bonds is 5. The van der Waals surface area contributed by atoms with Crippen molar-refractivity contribution in [3.8, 4) is 10.8 Å². The fourth-order valence-electron chi connectivity index (χ4n) is 3.10. The minimum absolute atomic E-state index is 0.111. The number of fused-ring (bicyclic) bond motifs is 1. The van der Waals surface area contributed by atoms with Crippen molar-refractivity contribution in [1.82, 2.24) is 10.2 Å². The maximum Gasteiger partial charge on any atom is 0.277 e. The van der Waals surface area contributed by atoms with E-state index in [4.69, 9.17) is 4.42 Å². The summed E-state index contributed by atoms with van der Waals surface area (Å²) in [6, 6.07) is 4.92. The van der Waals surface area contributed by atoms with Crippen LogP contribution in [-0.2, 0) is 12.8 Å². The Labute approximate surface area is 163 Å². The number of aromatic nitrogens is 2. The fraction of sp³-hybridized carbons (Fsp3) is 0.316. The molecule has 1 atom stereocenters. The van der Waals surface area contributed by atoms with Gasteiger partial charge in [-0.3, -0.25) is 4.79 Å². The molecule has 0 N–H and O–H groups in total. The molecule has 0 saturated heterocycles. The number of hydrogen-bond acceptors (Lipinski definition) is 6. The van der Waals surface area contributed by atoms with Gasteiger partial charge in [-0.1, -0.05) is 18.7 Å². The number of thioether (sulfide) groups is 1. The molecule has 8 heteroatoms. The van der Waals surface area contributed by atoms with E-state index in [1.165, 1.54) is 16.9 Å². The van der Waals surface area contributed by atoms with Gasteiger partial charge in [0.25, 0.3) is 11.1 Å². The first-order chi connectivity index (χ1) is 13.0. The lowest BCUT2D eigenvalue weighted by Gasteiger charge is -2.16. The second kappa shape index (κ2) is 7.52. The zero-order chi connectivity index (χ0) is 19.0. The molecule has 0 unspecified atom stereocenters. The summed E-state index contributed by atoms with van der Waals surface area (Å²) < 4.78 is 32.5. The van der Waals surface area contributed by atoms with Crippen molar-refractivity contribution in [1.29, 1.82) is 0 Å². The summed E-state index contributed by atoms with van der Waals surface area (Å²) in [4.78, 5) is 14.4. The molecule has 0 spiro atoms. The van der Waals surface area contributed by atoms with Crippen LogP contribution in [0.5, 0.6) is 0 Å². The molecular weight excluding hydrogens is 390 g/mol. The molecule has 0 aliphatic heterocycles. The molecule has 0 bridgehead atoms. The van der Waals surface area contributed by atoms with Gasteiger partial charge in [0, 0.05) is 4.88 Å². The summed E-state index contributed by atoms with van der Waals surface area (Å²) in [6.07, 6.45) is 3.33. The smallest absolute Gasteiger partial charge is 0.277 e. The van der Waals surface area contributed by atoms with Gasteiger partial charge in [0.05, 0.1) is 16.2 Å². The van der Waals surface area contributed by atoms with Crippen LogP contribution in [-0.4, -0.2) is 21.7 Å². The molecule has 27 heavy (non-hydrogen) atoms. The molecule has 4 rings (SSSR count).